The Kier molecular flexibility index (Phi) is 5.59. The summed E-state index contributed by atoms with van der Waals surface area (Å²) in [5.41, 5.74) is -0.667. The van der Waals surface area contributed by atoms with E-state index >= 15 is 0 Å². The van der Waals surface area contributed by atoms with Crippen LogP contribution in [-0.4, -0.2) is 36.7 Å². The predicted molar refractivity (Wildman–Crippen MR) is 73.3 cm³/mol. The second-order valence-corrected chi connectivity index (χ2v) is 5.35. The Bertz CT molecular complexity index is 603. The summed E-state index contributed by atoms with van der Waals surface area (Å²) in [6.07, 6.45) is 1.10. The zero-order valence-electron chi connectivity index (χ0n) is 12.2. The summed E-state index contributed by atoms with van der Waals surface area (Å²) in [6, 6.07) is 0.724. The first-order valence-electron chi connectivity index (χ1n) is 7.13. The average molecular weight is 331 g/mol. The lowest BCUT2D eigenvalue weighted by Gasteiger charge is -2.27. The standard InChI is InChI=1S/C15H16F3NO4/c16-11-6-13(18)12(17)5-9(11)14(20)19-7-10(15(21)22)8-1-3-23-4-2-8/h5-6,8,10H,1-4,7H2,(H,19,20)(H,21,22). The molecular formula is C15H16F3NO4. The molecule has 23 heavy (non-hydrogen) atoms. The highest BCUT2D eigenvalue weighted by atomic mass is 19.2. The van der Waals surface area contributed by atoms with Gasteiger partial charge in [0.25, 0.3) is 5.91 Å². The highest BCUT2D eigenvalue weighted by Crippen LogP contribution is 2.24. The van der Waals surface area contributed by atoms with Crippen LogP contribution in [0.15, 0.2) is 12.1 Å². The summed E-state index contributed by atoms with van der Waals surface area (Å²) in [6.45, 7) is 0.664. The molecule has 2 N–H and O–H groups in total. The van der Waals surface area contributed by atoms with Crippen molar-refractivity contribution in [3.8, 4) is 0 Å². The molecule has 0 radical (unpaired) electrons. The topological polar surface area (TPSA) is 75.6 Å². The van der Waals surface area contributed by atoms with Gasteiger partial charge in [-0.05, 0) is 24.8 Å². The maximum absolute atomic E-state index is 13.5. The monoisotopic (exact) mass is 331 g/mol. The second-order valence-electron chi connectivity index (χ2n) is 5.35. The number of nitrogens with one attached hydrogen (secondary N) is 1. The third-order valence-corrected chi connectivity index (χ3v) is 3.89. The maximum Gasteiger partial charge on any atom is 0.308 e. The lowest BCUT2D eigenvalue weighted by molar-refractivity contribution is -0.144. The lowest BCUT2D eigenvalue weighted by atomic mass is 9.86. The number of hydrogen-bond acceptors (Lipinski definition) is 3. The fourth-order valence-corrected chi connectivity index (χ4v) is 2.57. The van der Waals surface area contributed by atoms with Gasteiger partial charge < -0.3 is 15.2 Å². The van der Waals surface area contributed by atoms with E-state index in [1.165, 1.54) is 0 Å². The minimum atomic E-state index is -1.40. The summed E-state index contributed by atoms with van der Waals surface area (Å²) in [5.74, 6) is -7.05. The molecule has 1 aromatic carbocycles. The van der Waals surface area contributed by atoms with Crippen molar-refractivity contribution in [2.45, 2.75) is 12.8 Å². The van der Waals surface area contributed by atoms with Crippen LogP contribution in [0.25, 0.3) is 0 Å². The molecule has 0 bridgehead atoms. The number of carbonyl (C=O) groups excluding carboxylic acids is 1. The van der Waals surface area contributed by atoms with Gasteiger partial charge in [0, 0.05) is 25.8 Å². The smallest absolute Gasteiger partial charge is 0.308 e. The van der Waals surface area contributed by atoms with Gasteiger partial charge in [0.1, 0.15) is 5.82 Å². The molecule has 1 heterocycles. The lowest BCUT2D eigenvalue weighted by Crippen LogP contribution is -2.39. The van der Waals surface area contributed by atoms with Crippen molar-refractivity contribution in [2.75, 3.05) is 19.8 Å². The van der Waals surface area contributed by atoms with E-state index in [-0.39, 0.29) is 18.5 Å². The Morgan fingerprint density at radius 1 is 1.17 bits per heavy atom. The van der Waals surface area contributed by atoms with E-state index < -0.39 is 40.8 Å². The number of aliphatic carboxylic acids is 1. The van der Waals surface area contributed by atoms with Gasteiger partial charge in [0.15, 0.2) is 11.6 Å². The largest absolute Gasteiger partial charge is 0.481 e. The van der Waals surface area contributed by atoms with Crippen LogP contribution < -0.4 is 5.32 Å². The predicted octanol–water partition coefficient (Wildman–Crippen LogP) is 1.96. The van der Waals surface area contributed by atoms with Crippen LogP contribution in [0.2, 0.25) is 0 Å². The van der Waals surface area contributed by atoms with Crippen molar-refractivity contribution in [2.24, 2.45) is 11.8 Å². The average Bonchev–Trinajstić information content (AvgIpc) is 2.51. The molecule has 1 fully saturated rings. The van der Waals surface area contributed by atoms with E-state index in [0.29, 0.717) is 32.1 Å². The number of carboxylic acid groups (broad SMARTS) is 1. The molecule has 1 saturated heterocycles. The molecule has 8 heteroatoms. The van der Waals surface area contributed by atoms with E-state index in [9.17, 15) is 27.9 Å². The highest BCUT2D eigenvalue weighted by molar-refractivity contribution is 5.94. The van der Waals surface area contributed by atoms with Gasteiger partial charge in [-0.25, -0.2) is 13.2 Å². The molecule has 2 rings (SSSR count). The van der Waals surface area contributed by atoms with Gasteiger partial charge in [-0.3, -0.25) is 9.59 Å². The minimum Gasteiger partial charge on any atom is -0.481 e. The summed E-state index contributed by atoms with van der Waals surface area (Å²) >= 11 is 0. The molecule has 1 aromatic rings. The van der Waals surface area contributed by atoms with Crippen LogP contribution in [0.1, 0.15) is 23.2 Å². The fourth-order valence-electron chi connectivity index (χ4n) is 2.57. The van der Waals surface area contributed by atoms with E-state index in [2.05, 4.69) is 5.32 Å². The van der Waals surface area contributed by atoms with E-state index in [4.69, 9.17) is 4.74 Å². The maximum atomic E-state index is 13.5. The highest BCUT2D eigenvalue weighted by Gasteiger charge is 2.30. The third-order valence-electron chi connectivity index (χ3n) is 3.89. The summed E-state index contributed by atoms with van der Waals surface area (Å²) in [5, 5.41) is 11.5. The van der Waals surface area contributed by atoms with Crippen molar-refractivity contribution in [3.63, 3.8) is 0 Å². The molecule has 5 nitrogen and oxygen atoms in total. The van der Waals surface area contributed by atoms with Crippen LogP contribution in [-0.2, 0) is 9.53 Å². The molecule has 0 aliphatic carbocycles. The number of hydrogen-bond donors (Lipinski definition) is 2. The van der Waals surface area contributed by atoms with Crippen LogP contribution in [0.3, 0.4) is 0 Å². The van der Waals surface area contributed by atoms with E-state index in [0.717, 1.165) is 0 Å². The van der Waals surface area contributed by atoms with E-state index in [1.54, 1.807) is 0 Å². The molecule has 1 atom stereocenters. The molecule has 1 aliphatic rings. The number of carbonyl (C=O) groups is 2. The number of carboxylic acids is 1. The number of halogens is 3. The van der Waals surface area contributed by atoms with Crippen LogP contribution >= 0.6 is 0 Å². The first-order valence-corrected chi connectivity index (χ1v) is 7.13. The molecule has 126 valence electrons. The molecule has 1 amide bonds. The van der Waals surface area contributed by atoms with Gasteiger partial charge in [-0.15, -0.1) is 0 Å². The normalized spacial score (nSPS) is 16.8. The van der Waals surface area contributed by atoms with Crippen LogP contribution in [0.5, 0.6) is 0 Å². The Balaban J connectivity index is 2.04. The molecule has 0 spiro atoms. The Hall–Kier alpha value is -2.09. The van der Waals surface area contributed by atoms with Crippen molar-refractivity contribution in [1.82, 2.24) is 5.32 Å². The van der Waals surface area contributed by atoms with Crippen molar-refractivity contribution >= 4 is 11.9 Å². The van der Waals surface area contributed by atoms with Gasteiger partial charge in [-0.1, -0.05) is 0 Å². The second kappa shape index (κ2) is 7.45. The van der Waals surface area contributed by atoms with E-state index in [1.807, 2.05) is 0 Å². The SMILES string of the molecule is O=C(NCC(C(=O)O)C1CCOCC1)c1cc(F)c(F)cc1F. The summed E-state index contributed by atoms with van der Waals surface area (Å²) in [7, 11) is 0. The first kappa shape index (κ1) is 17.3. The van der Waals surface area contributed by atoms with Gasteiger partial charge in [0.2, 0.25) is 0 Å². The molecule has 0 saturated carbocycles. The van der Waals surface area contributed by atoms with Crippen LogP contribution in [0.4, 0.5) is 13.2 Å². The number of ether oxygens (including phenoxy) is 1. The Morgan fingerprint density at radius 3 is 2.39 bits per heavy atom. The van der Waals surface area contributed by atoms with Crippen molar-refractivity contribution in [3.05, 3.63) is 35.1 Å². The number of amides is 1. The molecular weight excluding hydrogens is 315 g/mol. The summed E-state index contributed by atoms with van der Waals surface area (Å²) in [4.78, 5) is 23.2. The molecule has 1 aliphatic heterocycles. The zero-order valence-corrected chi connectivity index (χ0v) is 12.2. The molecule has 0 aromatic heterocycles. The quantitative estimate of drug-likeness (QED) is 0.809. The minimum absolute atomic E-state index is 0.170. The molecule has 1 unspecified atom stereocenters. The first-order chi connectivity index (χ1) is 10.9. The van der Waals surface area contributed by atoms with Crippen LogP contribution in [0, 0.1) is 29.3 Å². The third kappa shape index (κ3) is 4.22. The van der Waals surface area contributed by atoms with Gasteiger partial charge in [-0.2, -0.15) is 0 Å². The Morgan fingerprint density at radius 2 is 1.78 bits per heavy atom. The number of benzene rings is 1. The number of rotatable bonds is 5. The fraction of sp³-hybridized carbons (Fsp3) is 0.467. The van der Waals surface area contributed by atoms with Gasteiger partial charge in [0.05, 0.1) is 11.5 Å². The Labute approximate surface area is 130 Å². The van der Waals surface area contributed by atoms with Gasteiger partial charge >= 0.3 is 5.97 Å². The zero-order chi connectivity index (χ0) is 17.0. The van der Waals surface area contributed by atoms with Crippen molar-refractivity contribution < 1.29 is 32.6 Å². The summed E-state index contributed by atoms with van der Waals surface area (Å²) < 4.78 is 44.6. The van der Waals surface area contributed by atoms with Crippen molar-refractivity contribution in [1.29, 1.82) is 0 Å².